The molecule has 0 N–H and O–H groups in total. The lowest BCUT2D eigenvalue weighted by atomic mass is 9.96. The molecule has 7 heteroatoms. The average Bonchev–Trinajstić information content (AvgIpc) is 3.33. The zero-order valence-corrected chi connectivity index (χ0v) is 15.5. The van der Waals surface area contributed by atoms with Gasteiger partial charge in [0.2, 0.25) is 5.89 Å². The second-order valence-electron chi connectivity index (χ2n) is 7.15. The Morgan fingerprint density at radius 1 is 1.31 bits per heavy atom. The van der Waals surface area contributed by atoms with Gasteiger partial charge in [-0.2, -0.15) is 4.98 Å². The molecule has 7 nitrogen and oxygen atoms in total. The van der Waals surface area contributed by atoms with Gasteiger partial charge >= 0.3 is 0 Å². The maximum Gasteiger partial charge on any atom is 0.243 e. The number of piperidine rings is 1. The van der Waals surface area contributed by atoms with Crippen molar-refractivity contribution >= 4 is 5.65 Å². The summed E-state index contributed by atoms with van der Waals surface area (Å²) in [5.74, 6) is 2.96. The summed E-state index contributed by atoms with van der Waals surface area (Å²) in [7, 11) is 0. The van der Waals surface area contributed by atoms with Crippen LogP contribution in [0.5, 0.6) is 0 Å². The average molecular weight is 354 g/mol. The smallest absolute Gasteiger partial charge is 0.243 e. The number of aromatic nitrogens is 5. The van der Waals surface area contributed by atoms with Gasteiger partial charge in [0, 0.05) is 25.1 Å². The zero-order valence-electron chi connectivity index (χ0n) is 15.5. The van der Waals surface area contributed by atoms with Crippen LogP contribution < -0.4 is 0 Å². The minimum atomic E-state index is 0.125. The highest BCUT2D eigenvalue weighted by Gasteiger charge is 2.30. The summed E-state index contributed by atoms with van der Waals surface area (Å²) in [5, 5.41) is 12.9. The van der Waals surface area contributed by atoms with E-state index in [9.17, 15) is 0 Å². The van der Waals surface area contributed by atoms with Crippen molar-refractivity contribution in [2.45, 2.75) is 57.9 Å². The monoisotopic (exact) mass is 354 g/mol. The van der Waals surface area contributed by atoms with Gasteiger partial charge in [-0.3, -0.25) is 9.30 Å². The predicted molar refractivity (Wildman–Crippen MR) is 97.9 cm³/mol. The van der Waals surface area contributed by atoms with Crippen LogP contribution in [0.2, 0.25) is 0 Å². The summed E-state index contributed by atoms with van der Waals surface area (Å²) in [6, 6.07) is 6.14. The van der Waals surface area contributed by atoms with Gasteiger partial charge < -0.3 is 4.52 Å². The van der Waals surface area contributed by atoms with Crippen molar-refractivity contribution in [3.63, 3.8) is 0 Å². The van der Waals surface area contributed by atoms with Crippen LogP contribution in [0.15, 0.2) is 28.9 Å². The number of unbranched alkanes of at least 4 members (excludes halogenated alkanes) is 1. The summed E-state index contributed by atoms with van der Waals surface area (Å²) >= 11 is 0. The maximum atomic E-state index is 5.54. The second kappa shape index (κ2) is 7.53. The van der Waals surface area contributed by atoms with E-state index in [1.807, 2.05) is 24.4 Å². The number of hydrogen-bond acceptors (Lipinski definition) is 6. The van der Waals surface area contributed by atoms with Gasteiger partial charge in [-0.05, 0) is 44.9 Å². The molecule has 138 valence electrons. The normalized spacial score (nSPS) is 19.8. The molecule has 4 rings (SSSR count). The van der Waals surface area contributed by atoms with Crippen molar-refractivity contribution in [2.24, 2.45) is 0 Å². The van der Waals surface area contributed by atoms with Crippen LogP contribution >= 0.6 is 0 Å². The topological polar surface area (TPSA) is 72.4 Å². The molecule has 1 saturated heterocycles. The Hall–Kier alpha value is -2.28. The maximum absolute atomic E-state index is 5.54. The predicted octanol–water partition coefficient (Wildman–Crippen LogP) is 3.40. The molecule has 3 aromatic rings. The van der Waals surface area contributed by atoms with Crippen LogP contribution in [0.3, 0.4) is 0 Å². The van der Waals surface area contributed by atoms with E-state index in [-0.39, 0.29) is 6.04 Å². The van der Waals surface area contributed by atoms with Gasteiger partial charge in [0.25, 0.3) is 0 Å². The van der Waals surface area contributed by atoms with Crippen LogP contribution in [0, 0.1) is 0 Å². The zero-order chi connectivity index (χ0) is 17.9. The van der Waals surface area contributed by atoms with Gasteiger partial charge in [-0.25, -0.2) is 0 Å². The summed E-state index contributed by atoms with van der Waals surface area (Å²) in [6.45, 7) is 6.30. The van der Waals surface area contributed by atoms with Crippen molar-refractivity contribution in [2.75, 3.05) is 13.1 Å². The molecular weight excluding hydrogens is 328 g/mol. The fourth-order valence-corrected chi connectivity index (χ4v) is 3.74. The summed E-state index contributed by atoms with van der Waals surface area (Å²) in [6.07, 6.45) is 7.43. The van der Waals surface area contributed by atoms with Crippen molar-refractivity contribution in [3.8, 4) is 0 Å². The van der Waals surface area contributed by atoms with E-state index in [2.05, 4.69) is 43.5 Å². The molecule has 26 heavy (non-hydrogen) atoms. The molecular formula is C19H26N6O. The Kier molecular flexibility index (Phi) is 4.97. The van der Waals surface area contributed by atoms with Crippen LogP contribution in [-0.4, -0.2) is 42.7 Å². The Labute approximate surface area is 153 Å². The molecule has 0 aromatic carbocycles. The van der Waals surface area contributed by atoms with E-state index in [1.54, 1.807) is 0 Å². The fraction of sp³-hybridized carbons (Fsp3) is 0.579. The van der Waals surface area contributed by atoms with Gasteiger partial charge in [-0.1, -0.05) is 24.6 Å². The van der Waals surface area contributed by atoms with E-state index < -0.39 is 0 Å². The molecule has 0 amide bonds. The van der Waals surface area contributed by atoms with Crippen molar-refractivity contribution < 1.29 is 4.52 Å². The first-order valence-electron chi connectivity index (χ1n) is 9.62. The third-order valence-electron chi connectivity index (χ3n) is 5.30. The van der Waals surface area contributed by atoms with E-state index in [0.717, 1.165) is 68.4 Å². The summed E-state index contributed by atoms with van der Waals surface area (Å²) in [4.78, 5) is 7.03. The van der Waals surface area contributed by atoms with Crippen LogP contribution in [-0.2, 0) is 6.42 Å². The lowest BCUT2D eigenvalue weighted by Gasteiger charge is -2.34. The number of hydrogen-bond donors (Lipinski definition) is 0. The van der Waals surface area contributed by atoms with Gasteiger partial charge in [-0.15, -0.1) is 10.2 Å². The van der Waals surface area contributed by atoms with Crippen LogP contribution in [0.4, 0.5) is 0 Å². The standard InChI is InChI=1S/C19H26N6O/c1-3-4-9-16-20-19(26-23-16)14(2)24-11-7-8-15(13-24)18-22-21-17-10-5-6-12-25(17)18/h5-6,10,12,14-15H,3-4,7-9,11,13H2,1-2H3/t14-,15-/m0/s1. The van der Waals surface area contributed by atoms with Gasteiger partial charge in [0.1, 0.15) is 5.82 Å². The minimum absolute atomic E-state index is 0.125. The highest BCUT2D eigenvalue weighted by atomic mass is 16.5. The summed E-state index contributed by atoms with van der Waals surface area (Å²) < 4.78 is 7.64. The molecule has 0 aliphatic carbocycles. The molecule has 4 heterocycles. The van der Waals surface area contributed by atoms with Crippen LogP contribution in [0.1, 0.15) is 69.0 Å². The largest absolute Gasteiger partial charge is 0.338 e. The van der Waals surface area contributed by atoms with Gasteiger partial charge in [0.15, 0.2) is 11.5 Å². The first-order chi connectivity index (χ1) is 12.8. The van der Waals surface area contributed by atoms with E-state index in [1.165, 1.54) is 0 Å². The van der Waals surface area contributed by atoms with E-state index >= 15 is 0 Å². The Balaban J connectivity index is 1.48. The number of likely N-dealkylation sites (tertiary alicyclic amines) is 1. The first kappa shape index (κ1) is 17.1. The lowest BCUT2D eigenvalue weighted by molar-refractivity contribution is 0.130. The molecule has 1 aliphatic rings. The quantitative estimate of drug-likeness (QED) is 0.675. The third kappa shape index (κ3) is 3.35. The number of aryl methyl sites for hydroxylation is 1. The Bertz CT molecular complexity index is 856. The molecule has 1 aliphatic heterocycles. The Morgan fingerprint density at radius 2 is 2.23 bits per heavy atom. The number of fused-ring (bicyclic) bond motifs is 1. The molecule has 0 spiro atoms. The highest BCUT2D eigenvalue weighted by molar-refractivity contribution is 5.37. The van der Waals surface area contributed by atoms with Crippen LogP contribution in [0.25, 0.3) is 5.65 Å². The molecule has 0 radical (unpaired) electrons. The first-order valence-corrected chi connectivity index (χ1v) is 9.62. The number of nitrogens with zero attached hydrogens (tertiary/aromatic N) is 6. The lowest BCUT2D eigenvalue weighted by Crippen LogP contribution is -2.37. The number of pyridine rings is 1. The third-order valence-corrected chi connectivity index (χ3v) is 5.30. The van der Waals surface area contributed by atoms with Crippen molar-refractivity contribution in [1.82, 2.24) is 29.6 Å². The molecule has 1 fully saturated rings. The Morgan fingerprint density at radius 3 is 3.12 bits per heavy atom. The van der Waals surface area contributed by atoms with Crippen molar-refractivity contribution in [1.29, 1.82) is 0 Å². The van der Waals surface area contributed by atoms with Crippen molar-refractivity contribution in [3.05, 3.63) is 41.9 Å². The number of rotatable bonds is 6. The molecule has 0 saturated carbocycles. The van der Waals surface area contributed by atoms with E-state index in [4.69, 9.17) is 4.52 Å². The minimum Gasteiger partial charge on any atom is -0.338 e. The summed E-state index contributed by atoms with van der Waals surface area (Å²) in [5.41, 5.74) is 0.908. The van der Waals surface area contributed by atoms with E-state index in [0.29, 0.717) is 5.92 Å². The molecule has 3 aromatic heterocycles. The molecule has 2 atom stereocenters. The fourth-order valence-electron chi connectivity index (χ4n) is 3.74. The molecule has 0 bridgehead atoms. The SMILES string of the molecule is CCCCc1noc([C@H](C)N2CCC[C@H](c3nnc4ccccn34)C2)n1. The molecule has 0 unspecified atom stereocenters. The highest BCUT2D eigenvalue weighted by Crippen LogP contribution is 2.31. The second-order valence-corrected chi connectivity index (χ2v) is 7.15. The van der Waals surface area contributed by atoms with Gasteiger partial charge in [0.05, 0.1) is 6.04 Å².